The van der Waals surface area contributed by atoms with Gasteiger partial charge in [-0.15, -0.1) is 24.0 Å². The number of guanidine groups is 1. The summed E-state index contributed by atoms with van der Waals surface area (Å²) in [7, 11) is 1.66. The molecule has 0 radical (unpaired) electrons. The molecule has 0 atom stereocenters. The number of halogens is 1. The maximum Gasteiger partial charge on any atom is 0.193 e. The molecule has 1 rings (SSSR count). The second-order valence-corrected chi connectivity index (χ2v) is 3.87. The number of methoxy groups -OCH3 is 1. The SMILES string of the molecule is C=C(C)CN=C(N)Nc1ccccc1COC.I. The Morgan fingerprint density at radius 3 is 2.72 bits per heavy atom. The van der Waals surface area contributed by atoms with Crippen LogP contribution in [0.4, 0.5) is 5.69 Å². The molecule has 1 aromatic rings. The Balaban J connectivity index is 0.00000289. The maximum atomic E-state index is 5.78. The minimum Gasteiger partial charge on any atom is -0.380 e. The quantitative estimate of drug-likeness (QED) is 0.367. The van der Waals surface area contributed by atoms with Gasteiger partial charge in [-0.1, -0.05) is 30.4 Å². The molecule has 0 aliphatic rings. The Kier molecular flexibility index (Phi) is 8.40. The topological polar surface area (TPSA) is 59.6 Å². The highest BCUT2D eigenvalue weighted by Crippen LogP contribution is 2.15. The zero-order chi connectivity index (χ0) is 12.7. The first-order chi connectivity index (χ1) is 8.13. The first-order valence-corrected chi connectivity index (χ1v) is 5.41. The number of ether oxygens (including phenoxy) is 1. The van der Waals surface area contributed by atoms with Crippen LogP contribution in [0.1, 0.15) is 12.5 Å². The lowest BCUT2D eigenvalue weighted by Gasteiger charge is -2.10. The summed E-state index contributed by atoms with van der Waals surface area (Å²) in [6.07, 6.45) is 0. The lowest BCUT2D eigenvalue weighted by Crippen LogP contribution is -2.23. The smallest absolute Gasteiger partial charge is 0.193 e. The molecule has 0 fully saturated rings. The van der Waals surface area contributed by atoms with Gasteiger partial charge in [0.2, 0.25) is 0 Å². The van der Waals surface area contributed by atoms with Crippen molar-refractivity contribution in [2.45, 2.75) is 13.5 Å². The van der Waals surface area contributed by atoms with Crippen LogP contribution in [0.25, 0.3) is 0 Å². The Bertz CT molecular complexity index is 418. The zero-order valence-corrected chi connectivity index (χ0v) is 13.1. The van der Waals surface area contributed by atoms with Crippen LogP contribution in [-0.4, -0.2) is 19.6 Å². The second-order valence-electron chi connectivity index (χ2n) is 3.87. The highest BCUT2D eigenvalue weighted by Gasteiger charge is 2.01. The largest absolute Gasteiger partial charge is 0.380 e. The van der Waals surface area contributed by atoms with Crippen LogP contribution in [0.3, 0.4) is 0 Å². The van der Waals surface area contributed by atoms with Gasteiger partial charge in [-0.3, -0.25) is 0 Å². The number of rotatable bonds is 5. The lowest BCUT2D eigenvalue weighted by atomic mass is 10.2. The first-order valence-electron chi connectivity index (χ1n) is 5.41. The van der Waals surface area contributed by atoms with Crippen molar-refractivity contribution >= 4 is 35.6 Å². The van der Waals surface area contributed by atoms with E-state index in [0.29, 0.717) is 19.1 Å². The summed E-state index contributed by atoms with van der Waals surface area (Å²) in [6, 6.07) is 7.82. The van der Waals surface area contributed by atoms with Gasteiger partial charge in [0.1, 0.15) is 0 Å². The molecule has 0 aromatic heterocycles. The van der Waals surface area contributed by atoms with E-state index in [4.69, 9.17) is 10.5 Å². The molecular formula is C13H20IN3O. The molecule has 0 aliphatic heterocycles. The Labute approximate surface area is 125 Å². The van der Waals surface area contributed by atoms with Crippen LogP contribution in [0.5, 0.6) is 0 Å². The monoisotopic (exact) mass is 361 g/mol. The van der Waals surface area contributed by atoms with Crippen LogP contribution < -0.4 is 11.1 Å². The molecule has 100 valence electrons. The van der Waals surface area contributed by atoms with Gasteiger partial charge in [0, 0.05) is 18.4 Å². The summed E-state index contributed by atoms with van der Waals surface area (Å²) in [5.41, 5.74) is 8.71. The van der Waals surface area contributed by atoms with E-state index >= 15 is 0 Å². The third-order valence-electron chi connectivity index (χ3n) is 2.10. The standard InChI is InChI=1S/C13H19N3O.HI/c1-10(2)8-15-13(14)16-12-7-5-4-6-11(12)9-17-3;/h4-7H,1,8-9H2,2-3H3,(H3,14,15,16);1H. The number of nitrogens with two attached hydrogens (primary N) is 1. The predicted molar refractivity (Wildman–Crippen MR) is 87.5 cm³/mol. The fourth-order valence-electron chi connectivity index (χ4n) is 1.32. The number of nitrogens with one attached hydrogen (secondary N) is 1. The van der Waals surface area contributed by atoms with E-state index in [-0.39, 0.29) is 24.0 Å². The van der Waals surface area contributed by atoms with Gasteiger partial charge in [0.25, 0.3) is 0 Å². The minimum absolute atomic E-state index is 0. The van der Waals surface area contributed by atoms with Gasteiger partial charge in [-0.2, -0.15) is 0 Å². The molecule has 3 N–H and O–H groups in total. The average Bonchev–Trinajstić information content (AvgIpc) is 2.29. The van der Waals surface area contributed by atoms with Gasteiger partial charge in [0.05, 0.1) is 13.2 Å². The van der Waals surface area contributed by atoms with E-state index in [1.54, 1.807) is 7.11 Å². The summed E-state index contributed by atoms with van der Waals surface area (Å²) >= 11 is 0. The molecule has 0 saturated carbocycles. The van der Waals surface area contributed by atoms with E-state index in [1.807, 2.05) is 31.2 Å². The molecule has 0 unspecified atom stereocenters. The van der Waals surface area contributed by atoms with E-state index < -0.39 is 0 Å². The van der Waals surface area contributed by atoms with E-state index in [9.17, 15) is 0 Å². The fraction of sp³-hybridized carbons (Fsp3) is 0.308. The predicted octanol–water partition coefficient (Wildman–Crippen LogP) is 2.75. The molecule has 5 heteroatoms. The normalized spacial score (nSPS) is 10.7. The summed E-state index contributed by atoms with van der Waals surface area (Å²) in [6.45, 7) is 6.75. The van der Waals surface area contributed by atoms with Gasteiger partial charge >= 0.3 is 0 Å². The zero-order valence-electron chi connectivity index (χ0n) is 10.8. The maximum absolute atomic E-state index is 5.78. The van der Waals surface area contributed by atoms with Crippen LogP contribution >= 0.6 is 24.0 Å². The van der Waals surface area contributed by atoms with Crippen molar-refractivity contribution in [2.75, 3.05) is 19.0 Å². The lowest BCUT2D eigenvalue weighted by molar-refractivity contribution is 0.185. The molecular weight excluding hydrogens is 341 g/mol. The number of benzene rings is 1. The van der Waals surface area contributed by atoms with Crippen molar-refractivity contribution in [1.82, 2.24) is 0 Å². The van der Waals surface area contributed by atoms with Crippen molar-refractivity contribution in [3.8, 4) is 0 Å². The third kappa shape index (κ3) is 6.02. The Hall–Kier alpha value is -1.08. The number of nitrogens with zero attached hydrogens (tertiary/aromatic N) is 1. The average molecular weight is 361 g/mol. The molecule has 0 aliphatic carbocycles. The van der Waals surface area contributed by atoms with Crippen LogP contribution in [-0.2, 0) is 11.3 Å². The Morgan fingerprint density at radius 2 is 2.11 bits per heavy atom. The number of hydrogen-bond donors (Lipinski definition) is 2. The molecule has 18 heavy (non-hydrogen) atoms. The molecule has 0 saturated heterocycles. The summed E-state index contributed by atoms with van der Waals surface area (Å²) in [5.74, 6) is 0.386. The summed E-state index contributed by atoms with van der Waals surface area (Å²) in [4.78, 5) is 4.16. The fourth-order valence-corrected chi connectivity index (χ4v) is 1.32. The van der Waals surface area contributed by atoms with Crippen LogP contribution in [0, 0.1) is 0 Å². The molecule has 0 amide bonds. The van der Waals surface area contributed by atoms with Gasteiger partial charge in [0.15, 0.2) is 5.96 Å². The van der Waals surface area contributed by atoms with Crippen molar-refractivity contribution in [2.24, 2.45) is 10.7 Å². The highest BCUT2D eigenvalue weighted by atomic mass is 127. The molecule has 0 heterocycles. The Morgan fingerprint density at radius 1 is 1.44 bits per heavy atom. The van der Waals surface area contributed by atoms with Gasteiger partial charge in [-0.25, -0.2) is 4.99 Å². The van der Waals surface area contributed by atoms with E-state index in [2.05, 4.69) is 16.9 Å². The van der Waals surface area contributed by atoms with Crippen molar-refractivity contribution in [1.29, 1.82) is 0 Å². The molecule has 4 nitrogen and oxygen atoms in total. The van der Waals surface area contributed by atoms with E-state index in [0.717, 1.165) is 16.8 Å². The number of aliphatic imine (C=N–C) groups is 1. The highest BCUT2D eigenvalue weighted by molar-refractivity contribution is 14.0. The number of hydrogen-bond acceptors (Lipinski definition) is 2. The van der Waals surface area contributed by atoms with Crippen molar-refractivity contribution in [3.63, 3.8) is 0 Å². The number of anilines is 1. The molecule has 0 bridgehead atoms. The van der Waals surface area contributed by atoms with Crippen LogP contribution in [0.15, 0.2) is 41.4 Å². The number of para-hydroxylation sites is 1. The van der Waals surface area contributed by atoms with Crippen molar-refractivity contribution in [3.05, 3.63) is 42.0 Å². The van der Waals surface area contributed by atoms with E-state index in [1.165, 1.54) is 0 Å². The summed E-state index contributed by atoms with van der Waals surface area (Å²) in [5, 5.41) is 3.06. The minimum atomic E-state index is 0. The van der Waals surface area contributed by atoms with Gasteiger partial charge in [-0.05, 0) is 13.0 Å². The third-order valence-corrected chi connectivity index (χ3v) is 2.10. The van der Waals surface area contributed by atoms with Gasteiger partial charge < -0.3 is 15.8 Å². The first kappa shape index (κ1) is 16.9. The van der Waals surface area contributed by atoms with Crippen LogP contribution in [0.2, 0.25) is 0 Å². The molecule has 0 spiro atoms. The van der Waals surface area contributed by atoms with Crippen molar-refractivity contribution < 1.29 is 4.74 Å². The molecule has 1 aromatic carbocycles. The summed E-state index contributed by atoms with van der Waals surface area (Å²) < 4.78 is 5.11. The second kappa shape index (κ2) is 8.93.